The number of halogens is 4. The van der Waals surface area contributed by atoms with Crippen molar-refractivity contribution >= 4 is 20.9 Å². The van der Waals surface area contributed by atoms with E-state index in [2.05, 4.69) is 4.18 Å². The molecule has 1 aromatic carbocycles. The molecule has 0 saturated heterocycles. The van der Waals surface area contributed by atoms with Gasteiger partial charge in [-0.15, -0.1) is 0 Å². The number of hydrogen-bond donors (Lipinski definition) is 0. The topological polar surface area (TPSA) is 60.4 Å². The van der Waals surface area contributed by atoms with Crippen LogP contribution in [0.1, 0.15) is 17.5 Å². The van der Waals surface area contributed by atoms with E-state index < -0.39 is 39.2 Å². The minimum absolute atomic E-state index is 0.218. The normalized spacial score (nSPS) is 15.7. The molecule has 1 aromatic rings. The first-order chi connectivity index (χ1) is 9.39. The van der Waals surface area contributed by atoms with Crippen molar-refractivity contribution in [3.8, 4) is 0 Å². The van der Waals surface area contributed by atoms with E-state index in [0.29, 0.717) is 6.26 Å². The van der Waals surface area contributed by atoms with Crippen molar-refractivity contribution in [2.24, 2.45) is 0 Å². The van der Waals surface area contributed by atoms with Gasteiger partial charge >= 0.3 is 6.18 Å². The van der Waals surface area contributed by atoms with Gasteiger partial charge in [-0.3, -0.25) is 4.21 Å². The van der Waals surface area contributed by atoms with Gasteiger partial charge in [0.15, 0.2) is 0 Å². The fraction of sp³-hybridized carbons (Fsp3) is 0.455. The molecule has 0 aliphatic rings. The fourth-order valence-corrected chi connectivity index (χ4v) is 3.00. The van der Waals surface area contributed by atoms with Crippen LogP contribution in [0.2, 0.25) is 0 Å². The first-order valence-electron chi connectivity index (χ1n) is 5.47. The van der Waals surface area contributed by atoms with Gasteiger partial charge in [0.1, 0.15) is 5.75 Å². The zero-order chi connectivity index (χ0) is 16.4. The Kier molecular flexibility index (Phi) is 5.51. The van der Waals surface area contributed by atoms with E-state index in [0.717, 1.165) is 12.1 Å². The Morgan fingerprint density at radius 1 is 1.33 bits per heavy atom. The maximum absolute atomic E-state index is 13.6. The molecule has 0 spiro atoms. The highest BCUT2D eigenvalue weighted by atomic mass is 32.2. The molecule has 0 aliphatic heterocycles. The number of aryl methyl sites for hydroxylation is 1. The first kappa shape index (κ1) is 18.1. The Morgan fingerprint density at radius 3 is 2.38 bits per heavy atom. The largest absolute Gasteiger partial charge is 0.400 e. The molecule has 0 radical (unpaired) electrons. The van der Waals surface area contributed by atoms with Crippen LogP contribution in [0.25, 0.3) is 0 Å². The summed E-state index contributed by atoms with van der Waals surface area (Å²) in [6.07, 6.45) is -6.37. The van der Waals surface area contributed by atoms with E-state index in [4.69, 9.17) is 0 Å². The third kappa shape index (κ3) is 6.10. The molecule has 0 N–H and O–H groups in total. The van der Waals surface area contributed by atoms with Crippen LogP contribution in [0.3, 0.4) is 0 Å². The van der Waals surface area contributed by atoms with Crippen molar-refractivity contribution in [2.45, 2.75) is 24.4 Å². The monoisotopic (exact) mass is 348 g/mol. The van der Waals surface area contributed by atoms with Gasteiger partial charge in [0, 0.05) is 10.5 Å². The molecule has 0 aromatic heterocycles. The SMILES string of the molecule is Cc1ccc(C(F)OS(C)(=O)=O)cc1S(=O)CC(F)(F)F. The summed E-state index contributed by atoms with van der Waals surface area (Å²) in [4.78, 5) is -0.218. The van der Waals surface area contributed by atoms with Gasteiger partial charge in [0.05, 0.1) is 17.1 Å². The summed E-state index contributed by atoms with van der Waals surface area (Å²) in [5, 5.41) is 0. The van der Waals surface area contributed by atoms with Crippen LogP contribution >= 0.6 is 0 Å². The summed E-state index contributed by atoms with van der Waals surface area (Å²) in [7, 11) is -6.49. The van der Waals surface area contributed by atoms with Gasteiger partial charge in [0.2, 0.25) is 6.36 Å². The smallest absolute Gasteiger partial charge is 0.254 e. The van der Waals surface area contributed by atoms with E-state index in [-0.39, 0.29) is 16.0 Å². The summed E-state index contributed by atoms with van der Waals surface area (Å²) in [5.41, 5.74) is -0.0514. The first-order valence-corrected chi connectivity index (χ1v) is 8.60. The molecule has 0 fully saturated rings. The average molecular weight is 348 g/mol. The van der Waals surface area contributed by atoms with Crippen molar-refractivity contribution in [2.75, 3.05) is 12.0 Å². The van der Waals surface area contributed by atoms with Crippen LogP contribution in [-0.4, -0.2) is 30.8 Å². The molecule has 0 aliphatic carbocycles. The molecule has 0 amide bonds. The second kappa shape index (κ2) is 6.41. The standard InChI is InChI=1S/C11H12F4O4S2/c1-7-3-4-8(10(12)19-21(2,17)18)5-9(7)20(16)6-11(13,14)15/h3-5,10H,6H2,1-2H3. The number of rotatable bonds is 5. The lowest BCUT2D eigenvalue weighted by Gasteiger charge is -2.12. The highest BCUT2D eigenvalue weighted by Gasteiger charge is 2.32. The molecule has 0 bridgehead atoms. The molecule has 10 heteroatoms. The van der Waals surface area contributed by atoms with Gasteiger partial charge in [0.25, 0.3) is 10.1 Å². The predicted molar refractivity (Wildman–Crippen MR) is 68.3 cm³/mol. The van der Waals surface area contributed by atoms with E-state index in [1.165, 1.54) is 13.0 Å². The molecule has 0 heterocycles. The van der Waals surface area contributed by atoms with Crippen molar-refractivity contribution in [3.63, 3.8) is 0 Å². The third-order valence-electron chi connectivity index (χ3n) is 2.27. The lowest BCUT2D eigenvalue weighted by atomic mass is 10.1. The molecule has 21 heavy (non-hydrogen) atoms. The van der Waals surface area contributed by atoms with Gasteiger partial charge in [-0.25, -0.2) is 8.57 Å². The third-order valence-corrected chi connectivity index (χ3v) is 4.31. The molecule has 0 saturated carbocycles. The van der Waals surface area contributed by atoms with Gasteiger partial charge in [-0.05, 0) is 18.6 Å². The Morgan fingerprint density at radius 2 is 1.90 bits per heavy atom. The maximum Gasteiger partial charge on any atom is 0.400 e. The summed E-state index contributed by atoms with van der Waals surface area (Å²) in [6.45, 7) is 1.41. The second-order valence-corrected chi connectivity index (χ2v) is 7.27. The summed E-state index contributed by atoms with van der Waals surface area (Å²) in [6, 6.07) is 3.31. The molecular formula is C11H12F4O4S2. The van der Waals surface area contributed by atoms with Crippen LogP contribution in [0.4, 0.5) is 17.6 Å². The van der Waals surface area contributed by atoms with Gasteiger partial charge in [-0.1, -0.05) is 12.1 Å². The molecule has 4 nitrogen and oxygen atoms in total. The quantitative estimate of drug-likeness (QED) is 0.606. The highest BCUT2D eigenvalue weighted by molar-refractivity contribution is 7.86. The summed E-state index contributed by atoms with van der Waals surface area (Å²) < 4.78 is 87.7. The van der Waals surface area contributed by atoms with Gasteiger partial charge in [-0.2, -0.15) is 21.6 Å². The minimum Gasteiger partial charge on any atom is -0.254 e. The van der Waals surface area contributed by atoms with Crippen molar-refractivity contribution < 1.29 is 34.4 Å². The molecule has 1 rings (SSSR count). The number of hydrogen-bond acceptors (Lipinski definition) is 4. The van der Waals surface area contributed by atoms with Crippen molar-refractivity contribution in [3.05, 3.63) is 29.3 Å². The van der Waals surface area contributed by atoms with Crippen molar-refractivity contribution in [1.82, 2.24) is 0 Å². The fourth-order valence-electron chi connectivity index (χ4n) is 1.44. The Labute approximate surface area is 121 Å². The van der Waals surface area contributed by atoms with Crippen LogP contribution < -0.4 is 0 Å². The number of benzene rings is 1. The van der Waals surface area contributed by atoms with E-state index in [9.17, 15) is 30.2 Å². The zero-order valence-corrected chi connectivity index (χ0v) is 12.6. The highest BCUT2D eigenvalue weighted by Crippen LogP contribution is 2.27. The van der Waals surface area contributed by atoms with Crippen LogP contribution in [-0.2, 0) is 25.1 Å². The Hall–Kier alpha value is -1.00. The Balaban J connectivity index is 3.08. The lowest BCUT2D eigenvalue weighted by Crippen LogP contribution is -2.19. The summed E-state index contributed by atoms with van der Waals surface area (Å²) >= 11 is 0. The van der Waals surface area contributed by atoms with Crippen molar-refractivity contribution in [1.29, 1.82) is 0 Å². The molecule has 2 unspecified atom stereocenters. The zero-order valence-electron chi connectivity index (χ0n) is 11.0. The molecular weight excluding hydrogens is 336 g/mol. The molecule has 2 atom stereocenters. The number of alkyl halides is 4. The van der Waals surface area contributed by atoms with E-state index >= 15 is 0 Å². The Bertz CT molecular complexity index is 640. The predicted octanol–water partition coefficient (Wildman–Crippen LogP) is 2.61. The van der Waals surface area contributed by atoms with Gasteiger partial charge < -0.3 is 0 Å². The van der Waals surface area contributed by atoms with E-state index in [1.807, 2.05) is 0 Å². The minimum atomic E-state index is -4.63. The van der Waals surface area contributed by atoms with Crippen LogP contribution in [0.15, 0.2) is 23.1 Å². The average Bonchev–Trinajstić information content (AvgIpc) is 2.24. The maximum atomic E-state index is 13.6. The van der Waals surface area contributed by atoms with Crippen LogP contribution in [0.5, 0.6) is 0 Å². The molecule has 120 valence electrons. The van der Waals surface area contributed by atoms with E-state index in [1.54, 1.807) is 0 Å². The second-order valence-electron chi connectivity index (χ2n) is 4.25. The lowest BCUT2D eigenvalue weighted by molar-refractivity contribution is -0.105. The van der Waals surface area contributed by atoms with Crippen LogP contribution in [0, 0.1) is 6.92 Å². The summed E-state index contributed by atoms with van der Waals surface area (Å²) in [5.74, 6) is -1.57.